The van der Waals surface area contributed by atoms with Crippen LogP contribution in [0.25, 0.3) is 22.3 Å². The van der Waals surface area contributed by atoms with E-state index in [9.17, 15) is 16.8 Å². The maximum absolute atomic E-state index is 11.4. The third kappa shape index (κ3) is 14.8. The Labute approximate surface area is 392 Å². The van der Waals surface area contributed by atoms with Crippen molar-refractivity contribution in [1.29, 1.82) is 0 Å². The van der Waals surface area contributed by atoms with E-state index >= 15 is 0 Å². The third-order valence-corrected chi connectivity index (χ3v) is 12.7. The fourth-order valence-corrected chi connectivity index (χ4v) is 8.84. The molecule has 65 heavy (non-hydrogen) atoms. The summed E-state index contributed by atoms with van der Waals surface area (Å²) in [6.45, 7) is 8.97. The molecule has 0 saturated carbocycles. The maximum atomic E-state index is 11.4. The monoisotopic (exact) mass is 960 g/mol. The zero-order valence-corrected chi connectivity index (χ0v) is 40.3. The Kier molecular flexibility index (Phi) is 16.7. The van der Waals surface area contributed by atoms with Gasteiger partial charge < -0.3 is 28.3 Å². The van der Waals surface area contributed by atoms with Crippen molar-refractivity contribution >= 4 is 50.6 Å². The number of hydrogen-bond donors (Lipinski definition) is 0. The van der Waals surface area contributed by atoms with E-state index in [1.165, 1.54) is 12.5 Å². The zero-order chi connectivity index (χ0) is 46.7. The van der Waals surface area contributed by atoms with Crippen LogP contribution < -0.4 is 28.3 Å². The van der Waals surface area contributed by atoms with Gasteiger partial charge in [0.25, 0.3) is 0 Å². The molecule has 0 aliphatic carbocycles. The van der Waals surface area contributed by atoms with Crippen LogP contribution in [0.4, 0.5) is 0 Å². The van der Waals surface area contributed by atoms with Crippen molar-refractivity contribution in [2.75, 3.05) is 37.2 Å². The molecule has 0 N–H and O–H groups in total. The number of pyridine rings is 2. The molecule has 2 aromatic heterocycles. The summed E-state index contributed by atoms with van der Waals surface area (Å²) in [5.74, 6) is 3.01. The van der Waals surface area contributed by atoms with Gasteiger partial charge in [0.05, 0.1) is 34.8 Å². The molecule has 0 saturated heterocycles. The van der Waals surface area contributed by atoms with Crippen molar-refractivity contribution in [3.8, 4) is 57.0 Å². The van der Waals surface area contributed by atoms with Gasteiger partial charge in [-0.1, -0.05) is 59.6 Å². The van der Waals surface area contributed by atoms with Crippen LogP contribution >= 0.6 is 23.2 Å². The molecule has 6 rings (SSSR count). The second-order valence-electron chi connectivity index (χ2n) is 15.7. The molecule has 0 aliphatic rings. The minimum absolute atomic E-state index is 0.0668. The zero-order valence-electron chi connectivity index (χ0n) is 37.2. The lowest BCUT2D eigenvalue weighted by molar-refractivity contribution is 0.304. The number of aryl methyl sites for hydroxylation is 4. The Bertz CT molecular complexity index is 2630. The molecule has 0 amide bonds. The van der Waals surface area contributed by atoms with Crippen molar-refractivity contribution in [2.45, 2.75) is 53.8 Å². The molecule has 0 radical (unpaired) electrons. The molecule has 2 heterocycles. The third-order valence-electron chi connectivity index (χ3n) is 10.0. The highest BCUT2D eigenvalue weighted by Crippen LogP contribution is 2.34. The molecule has 12 nitrogen and oxygen atoms in total. The summed E-state index contributed by atoms with van der Waals surface area (Å²) in [4.78, 5) is 9.22. The Morgan fingerprint density at radius 3 is 1.32 bits per heavy atom. The van der Waals surface area contributed by atoms with Crippen molar-refractivity contribution in [3.05, 3.63) is 141 Å². The van der Waals surface area contributed by atoms with Gasteiger partial charge in [0, 0.05) is 59.3 Å². The van der Waals surface area contributed by atoms with Crippen LogP contribution in [0.2, 0.25) is 10.0 Å². The first-order valence-corrected chi connectivity index (χ1v) is 25.6. The Balaban J connectivity index is 0.970. The van der Waals surface area contributed by atoms with Gasteiger partial charge in [0.2, 0.25) is 11.8 Å². The molecule has 17 heteroatoms. The average Bonchev–Trinajstić information content (AvgIpc) is 3.23. The van der Waals surface area contributed by atoms with Crippen LogP contribution in [0, 0.1) is 27.7 Å². The van der Waals surface area contributed by atoms with Crippen LogP contribution in [-0.2, 0) is 32.9 Å². The van der Waals surface area contributed by atoms with Gasteiger partial charge in [0.1, 0.15) is 55.9 Å². The van der Waals surface area contributed by atoms with Gasteiger partial charge in [0.15, 0.2) is 0 Å². The van der Waals surface area contributed by atoms with E-state index in [1.54, 1.807) is 36.4 Å². The summed E-state index contributed by atoms with van der Waals surface area (Å²) in [6.07, 6.45) is 3.22. The number of hydrogen-bond acceptors (Lipinski definition) is 12. The van der Waals surface area contributed by atoms with Crippen molar-refractivity contribution < 1.29 is 45.1 Å². The highest BCUT2D eigenvalue weighted by Gasteiger charge is 2.15. The van der Waals surface area contributed by atoms with Gasteiger partial charge in [-0.15, -0.1) is 0 Å². The second kappa shape index (κ2) is 22.1. The maximum Gasteiger partial charge on any atom is 0.576 e. The van der Waals surface area contributed by atoms with Crippen LogP contribution in [0.1, 0.15) is 46.5 Å². The van der Waals surface area contributed by atoms with E-state index < -0.39 is 19.7 Å². The van der Waals surface area contributed by atoms with E-state index in [0.29, 0.717) is 70.9 Å². The van der Waals surface area contributed by atoms with Crippen molar-refractivity contribution in [1.82, 2.24) is 9.97 Å². The topological polar surface area (TPSA) is 149 Å². The van der Waals surface area contributed by atoms with E-state index in [4.69, 9.17) is 51.5 Å². The number of ether oxygens (including phenoxy) is 4. The lowest BCUT2D eigenvalue weighted by atomic mass is 9.98. The largest absolute Gasteiger partial charge is 0.576 e. The normalized spacial score (nSPS) is 11.5. The lowest BCUT2D eigenvalue weighted by Crippen LogP contribution is -2.11. The predicted octanol–water partition coefficient (Wildman–Crippen LogP) is 9.86. The number of rotatable bonds is 22. The van der Waals surface area contributed by atoms with E-state index in [1.807, 2.05) is 76.2 Å². The molecule has 0 bridgehead atoms. The minimum atomic E-state index is -3.04. The number of halogens is 2. The lowest BCUT2D eigenvalue weighted by Gasteiger charge is -2.15. The van der Waals surface area contributed by atoms with Gasteiger partial charge in [-0.25, -0.2) is 26.8 Å². The molecular formula is C48H51BCl2N2O10S2. The molecule has 0 spiro atoms. The standard InChI is InChI=1S/C48H51BCl2N2O10S2/c1-31-23-45(58-19-9-21-64(5,54)55)52-33(3)47(31)37-13-7-11-35(25-37)29-60-39-15-17-43(41(50)27-39)62-49-63-44-18-16-40(28-42(44)51)61-30-36-12-8-14-38(26-36)48-32(2)24-46(53-34(48)4)59-20-10-22-65(6,56)57/h7-8,11-18,23-28,49H,9-10,19-22,29-30H2,1-6H3. The Morgan fingerprint density at radius 1 is 0.538 bits per heavy atom. The molecule has 0 aliphatic heterocycles. The van der Waals surface area contributed by atoms with Crippen LogP contribution in [-0.4, -0.2) is 71.7 Å². The molecule has 6 aromatic rings. The van der Waals surface area contributed by atoms with E-state index in [2.05, 4.69) is 22.1 Å². The number of nitrogens with zero attached hydrogens (tertiary/aromatic N) is 2. The predicted molar refractivity (Wildman–Crippen MR) is 258 cm³/mol. The molecule has 0 atom stereocenters. The Hall–Kier alpha value is -5.48. The summed E-state index contributed by atoms with van der Waals surface area (Å²) in [5.41, 5.74) is 9.43. The summed E-state index contributed by atoms with van der Waals surface area (Å²) in [6, 6.07) is 30.1. The van der Waals surface area contributed by atoms with Crippen LogP contribution in [0.5, 0.6) is 34.8 Å². The highest BCUT2D eigenvalue weighted by atomic mass is 35.5. The van der Waals surface area contributed by atoms with Crippen LogP contribution in [0.3, 0.4) is 0 Å². The van der Waals surface area contributed by atoms with Crippen LogP contribution in [0.15, 0.2) is 97.1 Å². The first-order valence-electron chi connectivity index (χ1n) is 20.8. The fourth-order valence-electron chi connectivity index (χ4n) is 7.11. The quantitative estimate of drug-likeness (QED) is 0.0471. The SMILES string of the molecule is Cc1cc(OCCCS(C)(=O)=O)nc(C)c1-c1cccc(COc2ccc(OBOc3ccc(OCc4cccc(-c5c(C)cc(OCCCS(C)(=O)=O)nc5C)c4)cc3Cl)c(Cl)c2)c1. The first kappa shape index (κ1) is 49.0. The number of benzene rings is 4. The number of sulfone groups is 2. The number of aromatic nitrogens is 2. The van der Waals surface area contributed by atoms with Crippen molar-refractivity contribution in [3.63, 3.8) is 0 Å². The molecule has 4 aromatic carbocycles. The molecular weight excluding hydrogens is 910 g/mol. The van der Waals surface area contributed by atoms with Crippen molar-refractivity contribution in [2.24, 2.45) is 0 Å². The molecule has 0 fully saturated rings. The van der Waals surface area contributed by atoms with Gasteiger partial charge >= 0.3 is 7.69 Å². The molecule has 342 valence electrons. The molecule has 0 unspecified atom stereocenters. The minimum Gasteiger partial charge on any atom is -0.527 e. The van der Waals surface area contributed by atoms with Gasteiger partial charge in [-0.2, -0.15) is 0 Å². The van der Waals surface area contributed by atoms with Gasteiger partial charge in [-0.3, -0.25) is 0 Å². The summed E-state index contributed by atoms with van der Waals surface area (Å²) in [7, 11) is -6.23. The summed E-state index contributed by atoms with van der Waals surface area (Å²) < 4.78 is 81.0. The highest BCUT2D eigenvalue weighted by molar-refractivity contribution is 7.90. The van der Waals surface area contributed by atoms with E-state index in [-0.39, 0.29) is 32.4 Å². The Morgan fingerprint density at radius 2 is 0.954 bits per heavy atom. The first-order chi connectivity index (χ1) is 30.9. The van der Waals surface area contributed by atoms with E-state index in [0.717, 1.165) is 55.9 Å². The fraction of sp³-hybridized carbons (Fsp3) is 0.292. The summed E-state index contributed by atoms with van der Waals surface area (Å²) >= 11 is 13.1. The average molecular weight is 962 g/mol. The smallest absolute Gasteiger partial charge is 0.527 e. The second-order valence-corrected chi connectivity index (χ2v) is 21.0. The van der Waals surface area contributed by atoms with Gasteiger partial charge in [-0.05, 0) is 110 Å². The summed E-state index contributed by atoms with van der Waals surface area (Å²) in [5, 5.41) is 0.697.